The van der Waals surface area contributed by atoms with Crippen molar-refractivity contribution >= 4 is 69.8 Å². The van der Waals surface area contributed by atoms with Gasteiger partial charge in [0.05, 0.1) is 4.90 Å². The fraction of sp³-hybridized carbons (Fsp3) is 0. The zero-order chi connectivity index (χ0) is 10.2. The maximum absolute atomic E-state index is 10.8. The Kier molecular flexibility index (Phi) is 4.42. The number of benzene rings is 2. The van der Waals surface area contributed by atoms with Crippen LogP contribution in [0, 0.1) is 0 Å². The van der Waals surface area contributed by atoms with Crippen molar-refractivity contribution in [3.8, 4) is 0 Å². The predicted octanol–water partition coefficient (Wildman–Crippen LogP) is 1.93. The fourth-order valence-electron chi connectivity index (χ4n) is 1.33. The molecule has 0 radical (unpaired) electrons. The van der Waals surface area contributed by atoms with Crippen LogP contribution >= 0.6 is 0 Å². The van der Waals surface area contributed by atoms with Crippen LogP contribution in [0.25, 0.3) is 10.8 Å². The third kappa shape index (κ3) is 3.07. The summed E-state index contributed by atoms with van der Waals surface area (Å²) < 4.78 is 30.5. The van der Waals surface area contributed by atoms with Crippen molar-refractivity contribution in [2.45, 2.75) is 4.90 Å². The molecule has 76 valence electrons. The van der Waals surface area contributed by atoms with E-state index >= 15 is 0 Å². The van der Waals surface area contributed by atoms with Crippen LogP contribution in [0.1, 0.15) is 2.85 Å². The molecule has 2 aromatic carbocycles. The van der Waals surface area contributed by atoms with Crippen molar-refractivity contribution < 1.29 is 15.8 Å². The summed E-state index contributed by atoms with van der Waals surface area (Å²) in [6, 6.07) is 11.9. The van der Waals surface area contributed by atoms with Crippen LogP contribution in [0.5, 0.6) is 0 Å². The minimum Gasteiger partial charge on any atom is -1.00 e. The molecule has 2 aromatic rings. The number of fused-ring (bicyclic) bond motifs is 1. The molecule has 0 heterocycles. The van der Waals surface area contributed by atoms with E-state index < -0.39 is 10.1 Å². The molecule has 0 saturated heterocycles. The Morgan fingerprint density at radius 1 is 1.00 bits per heavy atom. The van der Waals surface area contributed by atoms with E-state index in [-0.39, 0.29) is 56.6 Å². The van der Waals surface area contributed by atoms with E-state index in [1.807, 2.05) is 18.2 Å². The molecule has 0 fully saturated rings. The first-order valence-electron chi connectivity index (χ1n) is 4.04. The van der Waals surface area contributed by atoms with Crippen molar-refractivity contribution in [1.29, 1.82) is 0 Å². The Hall–Kier alpha value is 0.181. The smallest absolute Gasteiger partial charge is 1.00 e. The van der Waals surface area contributed by atoms with Gasteiger partial charge >= 0.3 is 48.9 Å². The summed E-state index contributed by atoms with van der Waals surface area (Å²) in [6.45, 7) is 0. The van der Waals surface area contributed by atoms with Crippen LogP contribution in [0.2, 0.25) is 0 Å². The SMILES string of the molecule is O=S(=O)(O)c1ccc2ccccc2c1.[Ba+2].[H-].[H-]. The van der Waals surface area contributed by atoms with Gasteiger partial charge in [-0.1, -0.05) is 30.3 Å². The molecule has 0 aliphatic rings. The molecule has 2 rings (SSSR count). The summed E-state index contributed by atoms with van der Waals surface area (Å²) in [5, 5.41) is 1.74. The van der Waals surface area contributed by atoms with Crippen molar-refractivity contribution in [3.05, 3.63) is 42.5 Å². The largest absolute Gasteiger partial charge is 2.00 e. The third-order valence-corrected chi connectivity index (χ3v) is 2.87. The Morgan fingerprint density at radius 2 is 1.60 bits per heavy atom. The summed E-state index contributed by atoms with van der Waals surface area (Å²) in [4.78, 5) is -0.0730. The van der Waals surface area contributed by atoms with E-state index in [1.54, 1.807) is 12.1 Å². The van der Waals surface area contributed by atoms with Crippen LogP contribution < -0.4 is 0 Å². The summed E-state index contributed by atoms with van der Waals surface area (Å²) in [5.74, 6) is 0. The number of hydrogen-bond donors (Lipinski definition) is 1. The van der Waals surface area contributed by atoms with Crippen molar-refractivity contribution in [3.63, 3.8) is 0 Å². The van der Waals surface area contributed by atoms with Gasteiger partial charge in [0.25, 0.3) is 10.1 Å². The predicted molar refractivity (Wildman–Crippen MR) is 61.7 cm³/mol. The minimum absolute atomic E-state index is 0. The quantitative estimate of drug-likeness (QED) is 0.633. The summed E-state index contributed by atoms with van der Waals surface area (Å²) in [6.07, 6.45) is 0. The number of rotatable bonds is 1. The van der Waals surface area contributed by atoms with Gasteiger partial charge in [0.15, 0.2) is 0 Å². The second-order valence-electron chi connectivity index (χ2n) is 2.98. The molecule has 3 nitrogen and oxygen atoms in total. The molecule has 0 bridgehead atoms. The van der Waals surface area contributed by atoms with Crippen LogP contribution in [0.4, 0.5) is 0 Å². The van der Waals surface area contributed by atoms with Gasteiger partial charge in [-0.05, 0) is 22.9 Å². The summed E-state index contributed by atoms with van der Waals surface area (Å²) in [5.41, 5.74) is 0. The molecule has 0 saturated carbocycles. The molecule has 5 heteroatoms. The molecule has 0 atom stereocenters. The number of hydrogen-bond acceptors (Lipinski definition) is 2. The van der Waals surface area contributed by atoms with Gasteiger partial charge in [0.2, 0.25) is 0 Å². The zero-order valence-electron chi connectivity index (χ0n) is 9.92. The van der Waals surface area contributed by atoms with Crippen LogP contribution in [-0.4, -0.2) is 61.9 Å². The minimum atomic E-state index is -4.09. The molecule has 1 N–H and O–H groups in total. The molecule has 15 heavy (non-hydrogen) atoms. The molecule has 0 aromatic heterocycles. The van der Waals surface area contributed by atoms with Crippen LogP contribution in [-0.2, 0) is 10.1 Å². The normalized spacial score (nSPS) is 11.0. The van der Waals surface area contributed by atoms with Crippen molar-refractivity contribution in [1.82, 2.24) is 0 Å². The van der Waals surface area contributed by atoms with E-state index in [0.29, 0.717) is 0 Å². The maximum atomic E-state index is 10.8. The Labute approximate surface area is 131 Å². The van der Waals surface area contributed by atoms with E-state index in [4.69, 9.17) is 4.55 Å². The average molecular weight is 348 g/mol. The standard InChI is InChI=1S/C10H8O3S.Ba.2H/c11-14(12,13)10-6-5-8-3-1-2-4-9(8)7-10;;;/h1-7H,(H,11,12,13);;;/q;+2;2*-1. The zero-order valence-corrected chi connectivity index (χ0v) is 13.2. The van der Waals surface area contributed by atoms with Gasteiger partial charge in [0.1, 0.15) is 0 Å². The second-order valence-corrected chi connectivity index (χ2v) is 4.41. The third-order valence-electron chi connectivity index (χ3n) is 2.02. The van der Waals surface area contributed by atoms with Crippen LogP contribution in [0.15, 0.2) is 47.4 Å². The molecular weight excluding hydrogens is 338 g/mol. The summed E-state index contributed by atoms with van der Waals surface area (Å²) >= 11 is 0. The first-order valence-corrected chi connectivity index (χ1v) is 5.48. The Balaban J connectivity index is 0. The van der Waals surface area contributed by atoms with Gasteiger partial charge in [-0.15, -0.1) is 0 Å². The van der Waals surface area contributed by atoms with Crippen LogP contribution in [0.3, 0.4) is 0 Å². The van der Waals surface area contributed by atoms with E-state index in [1.165, 1.54) is 12.1 Å². The van der Waals surface area contributed by atoms with E-state index in [2.05, 4.69) is 0 Å². The van der Waals surface area contributed by atoms with Gasteiger partial charge in [0, 0.05) is 0 Å². The molecule has 0 spiro atoms. The molecule has 0 amide bonds. The first-order chi connectivity index (χ1) is 6.57. The van der Waals surface area contributed by atoms with E-state index in [9.17, 15) is 8.42 Å². The summed E-state index contributed by atoms with van der Waals surface area (Å²) in [7, 11) is -4.09. The monoisotopic (exact) mass is 348 g/mol. The first kappa shape index (κ1) is 13.2. The Bertz CT molecular complexity index is 587. The van der Waals surface area contributed by atoms with Crippen molar-refractivity contribution in [2.75, 3.05) is 0 Å². The molecule has 0 aliphatic carbocycles. The topological polar surface area (TPSA) is 54.4 Å². The van der Waals surface area contributed by atoms with Crippen molar-refractivity contribution in [2.24, 2.45) is 0 Å². The second kappa shape index (κ2) is 5.01. The van der Waals surface area contributed by atoms with Gasteiger partial charge < -0.3 is 2.85 Å². The molecular formula is C10H10BaO3S. The average Bonchev–Trinajstić information content (AvgIpc) is 2.16. The van der Waals surface area contributed by atoms with E-state index in [0.717, 1.165) is 10.8 Å². The van der Waals surface area contributed by atoms with Gasteiger partial charge in [-0.2, -0.15) is 8.42 Å². The van der Waals surface area contributed by atoms with Gasteiger partial charge in [-0.25, -0.2) is 0 Å². The maximum Gasteiger partial charge on any atom is 2.00 e. The van der Waals surface area contributed by atoms with Gasteiger partial charge in [-0.3, -0.25) is 4.55 Å². The fourth-order valence-corrected chi connectivity index (χ4v) is 1.84. The molecule has 0 unspecified atom stereocenters. The Morgan fingerprint density at radius 3 is 2.20 bits per heavy atom. The molecule has 0 aliphatic heterocycles.